The lowest BCUT2D eigenvalue weighted by Crippen LogP contribution is -2.03. The van der Waals surface area contributed by atoms with Crippen molar-refractivity contribution in [1.29, 1.82) is 0 Å². The van der Waals surface area contributed by atoms with Crippen molar-refractivity contribution in [2.75, 3.05) is 5.32 Å². The van der Waals surface area contributed by atoms with Crippen molar-refractivity contribution < 1.29 is 14.3 Å². The van der Waals surface area contributed by atoms with Gasteiger partial charge in [0, 0.05) is 11.1 Å². The number of hydrogen-bond acceptors (Lipinski definition) is 4. The van der Waals surface area contributed by atoms with Crippen LogP contribution < -0.4 is 5.32 Å². The van der Waals surface area contributed by atoms with Crippen LogP contribution in [0.2, 0.25) is 4.47 Å². The Labute approximate surface area is 111 Å². The van der Waals surface area contributed by atoms with Gasteiger partial charge in [0.1, 0.15) is 5.82 Å². The molecule has 4 nitrogen and oxygen atoms in total. The van der Waals surface area contributed by atoms with Gasteiger partial charge in [0.25, 0.3) is 0 Å². The van der Waals surface area contributed by atoms with Crippen LogP contribution in [0.25, 0.3) is 0 Å². The fourth-order valence-electron chi connectivity index (χ4n) is 1.34. The van der Waals surface area contributed by atoms with Crippen LogP contribution in [-0.2, 0) is 6.54 Å². The Hall–Kier alpha value is -1.66. The number of carbonyl (C=O) groups is 1. The molecule has 0 aliphatic rings. The molecule has 2 rings (SSSR count). The summed E-state index contributed by atoms with van der Waals surface area (Å²) in [4.78, 5) is 15.5. The molecule has 0 aliphatic carbocycles. The van der Waals surface area contributed by atoms with Gasteiger partial charge in [-0.25, -0.2) is 14.2 Å². The number of anilines is 1. The molecule has 0 amide bonds. The van der Waals surface area contributed by atoms with E-state index < -0.39 is 11.8 Å². The minimum absolute atomic E-state index is 0.0289. The van der Waals surface area contributed by atoms with Gasteiger partial charge in [0.05, 0.1) is 17.8 Å². The van der Waals surface area contributed by atoms with Gasteiger partial charge in [-0.05, 0) is 18.2 Å². The van der Waals surface area contributed by atoms with Gasteiger partial charge in [-0.2, -0.15) is 0 Å². The van der Waals surface area contributed by atoms with E-state index in [1.807, 2.05) is 0 Å². The summed E-state index contributed by atoms with van der Waals surface area (Å²) >= 11 is 6.94. The van der Waals surface area contributed by atoms with Crippen molar-refractivity contribution in [3.63, 3.8) is 0 Å². The highest BCUT2D eigenvalue weighted by Crippen LogP contribution is 2.21. The van der Waals surface area contributed by atoms with Crippen molar-refractivity contribution in [3.8, 4) is 0 Å². The van der Waals surface area contributed by atoms with Crippen LogP contribution in [0.4, 0.5) is 10.1 Å². The molecule has 0 fully saturated rings. The second-order valence-electron chi connectivity index (χ2n) is 3.43. The predicted molar refractivity (Wildman–Crippen MR) is 67.8 cm³/mol. The highest BCUT2D eigenvalue weighted by atomic mass is 35.5. The van der Waals surface area contributed by atoms with Crippen LogP contribution in [0.1, 0.15) is 15.2 Å². The average molecular weight is 287 g/mol. The van der Waals surface area contributed by atoms with Crippen molar-refractivity contribution >= 4 is 34.6 Å². The largest absolute Gasteiger partial charge is 0.478 e. The minimum atomic E-state index is -1.10. The van der Waals surface area contributed by atoms with E-state index in [0.717, 1.165) is 10.9 Å². The molecule has 0 aliphatic heterocycles. The Morgan fingerprint density at radius 2 is 2.33 bits per heavy atom. The van der Waals surface area contributed by atoms with Crippen molar-refractivity contribution in [3.05, 3.63) is 45.1 Å². The van der Waals surface area contributed by atoms with E-state index in [2.05, 4.69) is 10.3 Å². The Morgan fingerprint density at radius 1 is 1.56 bits per heavy atom. The molecule has 0 radical (unpaired) electrons. The quantitative estimate of drug-likeness (QED) is 0.906. The second-order valence-corrected chi connectivity index (χ2v) is 5.13. The number of aromatic carboxylic acids is 1. The lowest BCUT2D eigenvalue weighted by atomic mass is 10.2. The molecule has 0 saturated carbocycles. The summed E-state index contributed by atoms with van der Waals surface area (Å²) in [5.41, 5.74) is 0.167. The van der Waals surface area contributed by atoms with Gasteiger partial charge in [-0.15, -0.1) is 11.3 Å². The summed E-state index contributed by atoms with van der Waals surface area (Å²) in [6, 6.07) is 3.58. The van der Waals surface area contributed by atoms with E-state index in [-0.39, 0.29) is 11.3 Å². The van der Waals surface area contributed by atoms with E-state index in [0.29, 0.717) is 11.0 Å². The standard InChI is InChI=1S/C11H8ClFN2O2S/c12-11-15-5-7(18-11)4-14-9-3-6(10(16)17)1-2-8(9)13/h1-3,5,14H,4H2,(H,16,17). The molecule has 0 bridgehead atoms. The maximum atomic E-state index is 13.4. The van der Waals surface area contributed by atoms with Crippen LogP contribution in [0, 0.1) is 5.82 Å². The minimum Gasteiger partial charge on any atom is -0.478 e. The molecular weight excluding hydrogens is 279 g/mol. The van der Waals surface area contributed by atoms with Crippen LogP contribution in [0.15, 0.2) is 24.4 Å². The highest BCUT2D eigenvalue weighted by molar-refractivity contribution is 7.15. The maximum absolute atomic E-state index is 13.4. The molecule has 0 saturated heterocycles. The third kappa shape index (κ3) is 2.96. The second kappa shape index (κ2) is 5.32. The number of benzene rings is 1. The molecular formula is C11H8ClFN2O2S. The topological polar surface area (TPSA) is 62.2 Å². The van der Waals surface area contributed by atoms with E-state index in [1.165, 1.54) is 23.5 Å². The molecule has 0 spiro atoms. The zero-order valence-corrected chi connectivity index (χ0v) is 10.6. The Kier molecular flexibility index (Phi) is 3.78. The average Bonchev–Trinajstić information content (AvgIpc) is 2.74. The number of aromatic nitrogens is 1. The summed E-state index contributed by atoms with van der Waals surface area (Å²) in [7, 11) is 0. The first-order chi connectivity index (χ1) is 8.56. The SMILES string of the molecule is O=C(O)c1ccc(F)c(NCc2cnc(Cl)s2)c1. The number of hydrogen-bond donors (Lipinski definition) is 2. The first-order valence-corrected chi connectivity index (χ1v) is 6.12. The molecule has 1 heterocycles. The summed E-state index contributed by atoms with van der Waals surface area (Å²) in [6.45, 7) is 0.338. The predicted octanol–water partition coefficient (Wildman–Crippen LogP) is 3.25. The van der Waals surface area contributed by atoms with Gasteiger partial charge in [-0.3, -0.25) is 0 Å². The number of nitrogens with zero attached hydrogens (tertiary/aromatic N) is 1. The zero-order valence-electron chi connectivity index (χ0n) is 8.98. The van der Waals surface area contributed by atoms with E-state index in [9.17, 15) is 9.18 Å². The maximum Gasteiger partial charge on any atom is 0.335 e. The van der Waals surface area contributed by atoms with Crippen LogP contribution >= 0.6 is 22.9 Å². The molecule has 7 heteroatoms. The lowest BCUT2D eigenvalue weighted by Gasteiger charge is -2.06. The normalized spacial score (nSPS) is 10.3. The number of thiazole rings is 1. The fraction of sp³-hybridized carbons (Fsp3) is 0.0909. The third-order valence-corrected chi connectivity index (χ3v) is 3.31. The van der Waals surface area contributed by atoms with Crippen LogP contribution in [-0.4, -0.2) is 16.1 Å². The number of halogens is 2. The first-order valence-electron chi connectivity index (χ1n) is 4.93. The fourth-order valence-corrected chi connectivity index (χ4v) is 2.26. The van der Waals surface area contributed by atoms with Crippen molar-refractivity contribution in [1.82, 2.24) is 4.98 Å². The van der Waals surface area contributed by atoms with Crippen molar-refractivity contribution in [2.45, 2.75) is 6.54 Å². The number of carboxylic acids is 1. The number of nitrogens with one attached hydrogen (secondary N) is 1. The monoisotopic (exact) mass is 286 g/mol. The third-order valence-electron chi connectivity index (χ3n) is 2.19. The van der Waals surface area contributed by atoms with E-state index >= 15 is 0 Å². The van der Waals surface area contributed by atoms with Crippen LogP contribution in [0.5, 0.6) is 0 Å². The number of carboxylic acid groups (broad SMARTS) is 1. The first kappa shape index (κ1) is 12.8. The van der Waals surface area contributed by atoms with Gasteiger partial charge >= 0.3 is 5.97 Å². The lowest BCUT2D eigenvalue weighted by molar-refractivity contribution is 0.0697. The molecule has 18 heavy (non-hydrogen) atoms. The Balaban J connectivity index is 2.13. The summed E-state index contributed by atoms with van der Waals surface area (Å²) in [5, 5.41) is 11.6. The molecule has 0 unspecified atom stereocenters. The number of rotatable bonds is 4. The van der Waals surface area contributed by atoms with E-state index in [4.69, 9.17) is 16.7 Å². The molecule has 94 valence electrons. The Morgan fingerprint density at radius 3 is 2.94 bits per heavy atom. The highest BCUT2D eigenvalue weighted by Gasteiger charge is 2.08. The zero-order chi connectivity index (χ0) is 13.1. The van der Waals surface area contributed by atoms with Gasteiger partial charge in [-0.1, -0.05) is 11.6 Å². The summed E-state index contributed by atoms with van der Waals surface area (Å²) in [5.74, 6) is -1.60. The smallest absolute Gasteiger partial charge is 0.335 e. The van der Waals surface area contributed by atoms with Crippen molar-refractivity contribution in [2.24, 2.45) is 0 Å². The van der Waals surface area contributed by atoms with E-state index in [1.54, 1.807) is 6.20 Å². The van der Waals surface area contributed by atoms with Crippen LogP contribution in [0.3, 0.4) is 0 Å². The molecule has 2 aromatic rings. The van der Waals surface area contributed by atoms with Gasteiger partial charge in [0.15, 0.2) is 4.47 Å². The molecule has 1 aromatic carbocycles. The Bertz CT molecular complexity index is 588. The molecule has 0 atom stereocenters. The van der Waals surface area contributed by atoms with Gasteiger partial charge < -0.3 is 10.4 Å². The summed E-state index contributed by atoms with van der Waals surface area (Å²) in [6.07, 6.45) is 1.58. The summed E-state index contributed by atoms with van der Waals surface area (Å²) < 4.78 is 13.9. The molecule has 2 N–H and O–H groups in total. The molecule has 1 aromatic heterocycles. The van der Waals surface area contributed by atoms with Gasteiger partial charge in [0.2, 0.25) is 0 Å².